The van der Waals surface area contributed by atoms with Crippen LogP contribution in [-0.2, 0) is 0 Å². The van der Waals surface area contributed by atoms with Crippen molar-refractivity contribution < 1.29 is 4.79 Å². The van der Waals surface area contributed by atoms with E-state index in [0.29, 0.717) is 6.42 Å². The number of anilines is 2. The summed E-state index contributed by atoms with van der Waals surface area (Å²) < 4.78 is 0. The number of hydrogen-bond acceptors (Lipinski definition) is 3. The maximum absolute atomic E-state index is 12.7. The number of nitrogens with zero attached hydrogens (tertiary/aromatic N) is 1. The Kier molecular flexibility index (Phi) is 7.86. The van der Waals surface area contributed by atoms with Gasteiger partial charge in [0.15, 0.2) is 5.78 Å². The van der Waals surface area contributed by atoms with E-state index in [1.165, 1.54) is 38.5 Å². The molecule has 164 valence electrons. The molecule has 0 amide bonds. The van der Waals surface area contributed by atoms with Gasteiger partial charge in [0.25, 0.3) is 0 Å². The van der Waals surface area contributed by atoms with Crippen LogP contribution in [0.2, 0.25) is 0 Å². The van der Waals surface area contributed by atoms with Crippen molar-refractivity contribution in [3.05, 3.63) is 89.7 Å². The highest BCUT2D eigenvalue weighted by molar-refractivity contribution is 5.97. The zero-order valence-corrected chi connectivity index (χ0v) is 18.7. The Balaban J connectivity index is 1.30. The minimum Gasteiger partial charge on any atom is -0.356 e. The quantitative estimate of drug-likeness (QED) is 0.355. The van der Waals surface area contributed by atoms with Gasteiger partial charge >= 0.3 is 0 Å². The van der Waals surface area contributed by atoms with Crippen LogP contribution in [-0.4, -0.2) is 10.8 Å². The third-order valence-corrected chi connectivity index (χ3v) is 6.26. The molecule has 1 aliphatic rings. The third kappa shape index (κ3) is 6.65. The van der Waals surface area contributed by atoms with Crippen molar-refractivity contribution in [2.45, 2.75) is 51.4 Å². The van der Waals surface area contributed by atoms with E-state index in [-0.39, 0.29) is 5.78 Å². The lowest BCUT2D eigenvalue weighted by Crippen LogP contribution is -2.07. The molecule has 1 saturated carbocycles. The highest BCUT2D eigenvalue weighted by Gasteiger charge is 2.14. The van der Waals surface area contributed by atoms with E-state index in [2.05, 4.69) is 40.6 Å². The average molecular weight is 425 g/mol. The van der Waals surface area contributed by atoms with Gasteiger partial charge < -0.3 is 5.32 Å². The van der Waals surface area contributed by atoms with Gasteiger partial charge in [-0.25, -0.2) is 0 Å². The van der Waals surface area contributed by atoms with Crippen molar-refractivity contribution in [1.82, 2.24) is 4.98 Å². The minimum absolute atomic E-state index is 0.250. The fraction of sp³-hybridized carbons (Fsp3) is 0.310. The van der Waals surface area contributed by atoms with Gasteiger partial charge in [0.2, 0.25) is 0 Å². The number of rotatable bonds is 9. The van der Waals surface area contributed by atoms with Crippen molar-refractivity contribution in [2.75, 3.05) is 5.32 Å². The molecule has 0 radical (unpaired) electrons. The molecule has 1 aromatic heterocycles. The van der Waals surface area contributed by atoms with Crippen molar-refractivity contribution in [2.24, 2.45) is 5.92 Å². The molecule has 0 spiro atoms. The Bertz CT molecular complexity index is 1020. The zero-order valence-electron chi connectivity index (χ0n) is 18.7. The molecule has 1 aliphatic carbocycles. The zero-order chi connectivity index (χ0) is 22.0. The maximum atomic E-state index is 12.7. The normalized spacial score (nSPS) is 14.5. The first-order chi connectivity index (χ1) is 15.8. The smallest absolute Gasteiger partial charge is 0.162 e. The highest BCUT2D eigenvalue weighted by Crippen LogP contribution is 2.28. The van der Waals surface area contributed by atoms with Crippen LogP contribution in [0.15, 0.2) is 72.9 Å². The molecule has 1 fully saturated rings. The summed E-state index contributed by atoms with van der Waals surface area (Å²) in [5.74, 6) is 1.09. The fourth-order valence-electron chi connectivity index (χ4n) is 4.44. The Morgan fingerprint density at radius 2 is 1.75 bits per heavy atom. The lowest BCUT2D eigenvalue weighted by atomic mass is 9.85. The lowest BCUT2D eigenvalue weighted by molar-refractivity contribution is 0.0976. The molecule has 0 atom stereocenters. The van der Waals surface area contributed by atoms with E-state index < -0.39 is 0 Å². The van der Waals surface area contributed by atoms with Crippen molar-refractivity contribution in [3.63, 3.8) is 0 Å². The van der Waals surface area contributed by atoms with E-state index in [0.717, 1.165) is 40.5 Å². The minimum atomic E-state index is 0.250. The van der Waals surface area contributed by atoms with Crippen LogP contribution in [0, 0.1) is 5.92 Å². The van der Waals surface area contributed by atoms with Gasteiger partial charge in [0.1, 0.15) is 0 Å². The number of carbonyl (C=O) groups is 1. The van der Waals surface area contributed by atoms with Crippen LogP contribution in [0.5, 0.6) is 0 Å². The van der Waals surface area contributed by atoms with Crippen LogP contribution in [0.25, 0.3) is 12.2 Å². The van der Waals surface area contributed by atoms with Gasteiger partial charge in [-0.2, -0.15) is 0 Å². The third-order valence-electron chi connectivity index (χ3n) is 6.26. The molecule has 0 saturated heterocycles. The van der Waals surface area contributed by atoms with Crippen LogP contribution in [0.3, 0.4) is 0 Å². The molecule has 2 aromatic carbocycles. The number of ketones is 1. The van der Waals surface area contributed by atoms with Crippen LogP contribution < -0.4 is 5.32 Å². The number of Topliss-reactive ketones (excluding diaryl/α,β-unsaturated/α-hetero) is 1. The molecule has 32 heavy (non-hydrogen) atoms. The standard InChI is InChI=1S/C29H32N2O/c32-29(14-6-10-23-8-2-1-3-9-23)25-11-7-13-28(22-25)31-27-19-16-24(17-20-27)15-18-26-12-4-5-21-30-26/h4-5,7,11-13,15-23,31H,1-3,6,8-10,14H2/b18-15+. The van der Waals surface area contributed by atoms with E-state index in [1.54, 1.807) is 6.20 Å². The van der Waals surface area contributed by atoms with Crippen LogP contribution >= 0.6 is 0 Å². The van der Waals surface area contributed by atoms with Gasteiger partial charge in [-0.1, -0.05) is 74.9 Å². The Morgan fingerprint density at radius 3 is 2.53 bits per heavy atom. The molecular weight excluding hydrogens is 392 g/mol. The Hall–Kier alpha value is -3.20. The monoisotopic (exact) mass is 424 g/mol. The van der Waals surface area contributed by atoms with Gasteiger partial charge in [-0.15, -0.1) is 0 Å². The molecular formula is C29H32N2O. The maximum Gasteiger partial charge on any atom is 0.162 e. The molecule has 0 bridgehead atoms. The summed E-state index contributed by atoms with van der Waals surface area (Å²) >= 11 is 0. The summed E-state index contributed by atoms with van der Waals surface area (Å²) in [6.07, 6.45) is 15.5. The SMILES string of the molecule is O=C(CCCC1CCCCC1)c1cccc(Nc2ccc(/C=C/c3ccccn3)cc2)c1. The first-order valence-corrected chi connectivity index (χ1v) is 11.9. The highest BCUT2D eigenvalue weighted by atomic mass is 16.1. The average Bonchev–Trinajstić information content (AvgIpc) is 2.85. The summed E-state index contributed by atoms with van der Waals surface area (Å²) in [6, 6.07) is 22.0. The largest absolute Gasteiger partial charge is 0.356 e. The predicted molar refractivity (Wildman–Crippen MR) is 134 cm³/mol. The number of benzene rings is 2. The number of carbonyl (C=O) groups excluding carboxylic acids is 1. The second-order valence-electron chi connectivity index (χ2n) is 8.74. The van der Waals surface area contributed by atoms with Gasteiger partial charge in [0, 0.05) is 29.6 Å². The van der Waals surface area contributed by atoms with Gasteiger partial charge in [0.05, 0.1) is 5.69 Å². The van der Waals surface area contributed by atoms with Crippen LogP contribution in [0.4, 0.5) is 11.4 Å². The number of hydrogen-bond donors (Lipinski definition) is 1. The summed E-state index contributed by atoms with van der Waals surface area (Å²) in [7, 11) is 0. The molecule has 4 rings (SSSR count). The molecule has 1 heterocycles. The number of aromatic nitrogens is 1. The molecule has 3 aromatic rings. The van der Waals surface area contributed by atoms with E-state index >= 15 is 0 Å². The summed E-state index contributed by atoms with van der Waals surface area (Å²) in [5.41, 5.74) is 4.80. The van der Waals surface area contributed by atoms with Gasteiger partial charge in [-0.05, 0) is 60.4 Å². The van der Waals surface area contributed by atoms with E-state index in [9.17, 15) is 4.79 Å². The topological polar surface area (TPSA) is 42.0 Å². The predicted octanol–water partition coefficient (Wildman–Crippen LogP) is 7.93. The van der Waals surface area contributed by atoms with Gasteiger partial charge in [-0.3, -0.25) is 9.78 Å². The number of nitrogens with one attached hydrogen (secondary N) is 1. The Morgan fingerprint density at radius 1 is 0.906 bits per heavy atom. The summed E-state index contributed by atoms with van der Waals surface area (Å²) in [6.45, 7) is 0. The van der Waals surface area contributed by atoms with Crippen molar-refractivity contribution in [1.29, 1.82) is 0 Å². The lowest BCUT2D eigenvalue weighted by Gasteiger charge is -2.21. The summed E-state index contributed by atoms with van der Waals surface area (Å²) in [5, 5.41) is 3.42. The molecule has 0 aliphatic heterocycles. The first-order valence-electron chi connectivity index (χ1n) is 11.9. The fourth-order valence-corrected chi connectivity index (χ4v) is 4.44. The van der Waals surface area contributed by atoms with Crippen molar-refractivity contribution >= 4 is 29.3 Å². The van der Waals surface area contributed by atoms with E-state index in [1.807, 2.05) is 48.5 Å². The molecule has 0 unspecified atom stereocenters. The van der Waals surface area contributed by atoms with Crippen LogP contribution in [0.1, 0.15) is 73.0 Å². The first kappa shape index (κ1) is 22.0. The van der Waals surface area contributed by atoms with Crippen molar-refractivity contribution in [3.8, 4) is 0 Å². The Labute approximate surface area is 191 Å². The molecule has 3 heteroatoms. The molecule has 3 nitrogen and oxygen atoms in total. The second kappa shape index (κ2) is 11.4. The summed E-state index contributed by atoms with van der Waals surface area (Å²) in [4.78, 5) is 17.0. The molecule has 1 N–H and O–H groups in total. The second-order valence-corrected chi connectivity index (χ2v) is 8.74. The van der Waals surface area contributed by atoms with E-state index in [4.69, 9.17) is 0 Å². The number of pyridine rings is 1.